The molecule has 2 N–H and O–H groups in total. The van der Waals surface area contributed by atoms with E-state index in [9.17, 15) is 4.79 Å². The maximum atomic E-state index is 11.5. The predicted octanol–water partition coefficient (Wildman–Crippen LogP) is 1.13. The lowest BCUT2D eigenvalue weighted by Crippen LogP contribution is -2.47. The second kappa shape index (κ2) is 5.81. The summed E-state index contributed by atoms with van der Waals surface area (Å²) < 4.78 is 15.5. The molecule has 0 amide bonds. The van der Waals surface area contributed by atoms with Crippen molar-refractivity contribution in [2.45, 2.75) is 18.9 Å². The minimum absolute atomic E-state index is 0.0545. The van der Waals surface area contributed by atoms with Crippen LogP contribution in [0.25, 0.3) is 0 Å². The Hall–Kier alpha value is -1.95. The van der Waals surface area contributed by atoms with Crippen LogP contribution < -0.4 is 20.1 Å². The van der Waals surface area contributed by atoms with E-state index >= 15 is 0 Å². The van der Waals surface area contributed by atoms with Crippen molar-refractivity contribution < 1.29 is 19.0 Å². The summed E-state index contributed by atoms with van der Waals surface area (Å²) in [6.07, 6.45) is 1.25. The van der Waals surface area contributed by atoms with Crippen molar-refractivity contribution in [3.8, 4) is 11.5 Å². The fourth-order valence-corrected chi connectivity index (χ4v) is 3.01. The quantitative estimate of drug-likeness (QED) is 0.842. The highest BCUT2D eigenvalue weighted by atomic mass is 16.7. The minimum atomic E-state index is -0.181. The Bertz CT molecular complexity index is 534. The summed E-state index contributed by atoms with van der Waals surface area (Å²) in [6, 6.07) is 5.93. The molecule has 0 aromatic heterocycles. The Morgan fingerprint density at radius 2 is 2.19 bits per heavy atom. The fraction of sp³-hybridized carbons (Fsp3) is 0.533. The van der Waals surface area contributed by atoms with Crippen LogP contribution in [0.2, 0.25) is 0 Å². The van der Waals surface area contributed by atoms with E-state index in [0.29, 0.717) is 6.42 Å². The van der Waals surface area contributed by atoms with E-state index < -0.39 is 0 Å². The van der Waals surface area contributed by atoms with Crippen molar-refractivity contribution in [1.29, 1.82) is 0 Å². The predicted molar refractivity (Wildman–Crippen MR) is 77.5 cm³/mol. The molecule has 2 unspecified atom stereocenters. The van der Waals surface area contributed by atoms with Crippen LogP contribution in [0.3, 0.4) is 0 Å². The van der Waals surface area contributed by atoms with Gasteiger partial charge < -0.3 is 24.8 Å². The molecule has 21 heavy (non-hydrogen) atoms. The SMILES string of the molecule is COC(=O)CC1CC(N)CN(c2ccc3c(c2)OCO3)C1. The topological polar surface area (TPSA) is 74.0 Å². The highest BCUT2D eigenvalue weighted by Crippen LogP contribution is 2.36. The van der Waals surface area contributed by atoms with E-state index in [-0.39, 0.29) is 24.7 Å². The van der Waals surface area contributed by atoms with Crippen molar-refractivity contribution >= 4 is 11.7 Å². The number of piperidine rings is 1. The number of benzene rings is 1. The number of anilines is 1. The van der Waals surface area contributed by atoms with Gasteiger partial charge in [-0.3, -0.25) is 4.79 Å². The van der Waals surface area contributed by atoms with Crippen LogP contribution in [0.1, 0.15) is 12.8 Å². The number of fused-ring (bicyclic) bond motifs is 1. The van der Waals surface area contributed by atoms with Gasteiger partial charge >= 0.3 is 5.97 Å². The average molecular weight is 292 g/mol. The number of esters is 1. The molecule has 2 aliphatic rings. The molecule has 1 aromatic rings. The molecule has 2 atom stereocenters. The van der Waals surface area contributed by atoms with E-state index in [2.05, 4.69) is 4.90 Å². The normalized spacial score (nSPS) is 24.0. The van der Waals surface area contributed by atoms with Crippen LogP contribution in [0, 0.1) is 5.92 Å². The number of ether oxygens (including phenoxy) is 3. The summed E-state index contributed by atoms with van der Waals surface area (Å²) in [5.74, 6) is 1.56. The Labute approximate surface area is 123 Å². The first-order valence-electron chi connectivity index (χ1n) is 7.12. The number of nitrogens with two attached hydrogens (primary N) is 1. The highest BCUT2D eigenvalue weighted by molar-refractivity contribution is 5.69. The zero-order chi connectivity index (χ0) is 14.8. The average Bonchev–Trinajstić information content (AvgIpc) is 2.93. The van der Waals surface area contributed by atoms with Gasteiger partial charge in [0.1, 0.15) is 0 Å². The molecule has 6 nitrogen and oxygen atoms in total. The number of nitrogens with zero attached hydrogens (tertiary/aromatic N) is 1. The van der Waals surface area contributed by atoms with Gasteiger partial charge in [-0.2, -0.15) is 0 Å². The molecular weight excluding hydrogens is 272 g/mol. The van der Waals surface area contributed by atoms with Crippen molar-refractivity contribution in [2.24, 2.45) is 11.7 Å². The van der Waals surface area contributed by atoms with Gasteiger partial charge in [0, 0.05) is 30.9 Å². The first-order valence-corrected chi connectivity index (χ1v) is 7.12. The maximum absolute atomic E-state index is 11.5. The summed E-state index contributed by atoms with van der Waals surface area (Å²) in [5, 5.41) is 0. The van der Waals surface area contributed by atoms with Gasteiger partial charge in [0.05, 0.1) is 13.5 Å². The number of hydrogen-bond donors (Lipinski definition) is 1. The Balaban J connectivity index is 1.73. The number of carbonyl (C=O) groups excluding carboxylic acids is 1. The van der Waals surface area contributed by atoms with Crippen molar-refractivity contribution in [3.63, 3.8) is 0 Å². The standard InChI is InChI=1S/C15H20N2O4/c1-19-15(18)5-10-4-11(16)8-17(7-10)12-2-3-13-14(6-12)21-9-20-13/h2-3,6,10-11H,4-5,7-9,16H2,1H3. The Morgan fingerprint density at radius 3 is 3.00 bits per heavy atom. The largest absolute Gasteiger partial charge is 0.469 e. The summed E-state index contributed by atoms with van der Waals surface area (Å²) >= 11 is 0. The van der Waals surface area contributed by atoms with E-state index in [1.807, 2.05) is 18.2 Å². The van der Waals surface area contributed by atoms with Crippen LogP contribution in [0.15, 0.2) is 18.2 Å². The third-order valence-electron chi connectivity index (χ3n) is 3.97. The maximum Gasteiger partial charge on any atom is 0.305 e. The van der Waals surface area contributed by atoms with Crippen LogP contribution in [0.4, 0.5) is 5.69 Å². The third kappa shape index (κ3) is 3.05. The smallest absolute Gasteiger partial charge is 0.305 e. The van der Waals surface area contributed by atoms with Gasteiger partial charge in [-0.15, -0.1) is 0 Å². The molecule has 0 spiro atoms. The summed E-state index contributed by atoms with van der Waals surface area (Å²) in [7, 11) is 1.42. The molecule has 0 radical (unpaired) electrons. The second-order valence-electron chi connectivity index (χ2n) is 5.58. The summed E-state index contributed by atoms with van der Waals surface area (Å²) in [4.78, 5) is 13.7. The number of rotatable bonds is 3. The molecule has 0 saturated carbocycles. The van der Waals surface area contributed by atoms with Crippen LogP contribution in [-0.2, 0) is 9.53 Å². The number of hydrogen-bond acceptors (Lipinski definition) is 6. The lowest BCUT2D eigenvalue weighted by atomic mass is 9.91. The van der Waals surface area contributed by atoms with Gasteiger partial charge in [0.15, 0.2) is 11.5 Å². The molecule has 1 fully saturated rings. The minimum Gasteiger partial charge on any atom is -0.469 e. The lowest BCUT2D eigenvalue weighted by molar-refractivity contribution is -0.141. The molecule has 2 heterocycles. The van der Waals surface area contributed by atoms with E-state index in [0.717, 1.165) is 36.7 Å². The monoisotopic (exact) mass is 292 g/mol. The molecule has 1 aromatic carbocycles. The summed E-state index contributed by atoms with van der Waals surface area (Å²) in [5.41, 5.74) is 7.18. The number of carbonyl (C=O) groups is 1. The molecule has 0 bridgehead atoms. The van der Waals surface area contributed by atoms with Crippen LogP contribution in [0.5, 0.6) is 11.5 Å². The second-order valence-corrected chi connectivity index (χ2v) is 5.58. The fourth-order valence-electron chi connectivity index (χ4n) is 3.01. The Morgan fingerprint density at radius 1 is 1.38 bits per heavy atom. The number of methoxy groups -OCH3 is 1. The first kappa shape index (κ1) is 14.0. The zero-order valence-corrected chi connectivity index (χ0v) is 12.1. The van der Waals surface area contributed by atoms with Gasteiger partial charge in [-0.05, 0) is 24.5 Å². The van der Waals surface area contributed by atoms with Gasteiger partial charge in [-0.25, -0.2) is 0 Å². The molecule has 114 valence electrons. The van der Waals surface area contributed by atoms with E-state index in [1.54, 1.807) is 0 Å². The Kier molecular flexibility index (Phi) is 3.88. The van der Waals surface area contributed by atoms with Crippen molar-refractivity contribution in [3.05, 3.63) is 18.2 Å². The molecule has 2 aliphatic heterocycles. The van der Waals surface area contributed by atoms with E-state index in [4.69, 9.17) is 19.9 Å². The van der Waals surface area contributed by atoms with Gasteiger partial charge in [-0.1, -0.05) is 0 Å². The molecule has 1 saturated heterocycles. The van der Waals surface area contributed by atoms with Crippen molar-refractivity contribution in [1.82, 2.24) is 0 Å². The van der Waals surface area contributed by atoms with Crippen molar-refractivity contribution in [2.75, 3.05) is 31.9 Å². The first-order chi connectivity index (χ1) is 10.2. The van der Waals surface area contributed by atoms with E-state index in [1.165, 1.54) is 7.11 Å². The molecule has 6 heteroatoms. The highest BCUT2D eigenvalue weighted by Gasteiger charge is 2.28. The van der Waals surface area contributed by atoms with Crippen LogP contribution >= 0.6 is 0 Å². The van der Waals surface area contributed by atoms with Crippen LogP contribution in [-0.4, -0.2) is 39.0 Å². The third-order valence-corrected chi connectivity index (χ3v) is 3.97. The molecule has 0 aliphatic carbocycles. The zero-order valence-electron chi connectivity index (χ0n) is 12.1. The lowest BCUT2D eigenvalue weighted by Gasteiger charge is -2.37. The molecular formula is C15H20N2O4. The van der Waals surface area contributed by atoms with Gasteiger partial charge in [0.2, 0.25) is 6.79 Å². The summed E-state index contributed by atoms with van der Waals surface area (Å²) in [6.45, 7) is 1.84. The van der Waals surface area contributed by atoms with Gasteiger partial charge in [0.25, 0.3) is 0 Å². The molecule has 3 rings (SSSR count).